The number of nitrogens with zero attached hydrogens (tertiary/aromatic N) is 1. The van der Waals surface area contributed by atoms with Crippen LogP contribution in [0.1, 0.15) is 42.4 Å². The Bertz CT molecular complexity index is 456. The van der Waals surface area contributed by atoms with Gasteiger partial charge in [-0.1, -0.05) is 30.3 Å². The molecule has 0 amide bonds. The molecule has 1 aromatic heterocycles. The average molecular weight is 275 g/mol. The molecule has 0 aliphatic carbocycles. The van der Waals surface area contributed by atoms with E-state index < -0.39 is 0 Å². The number of benzene rings is 1. The molecule has 1 heterocycles. The normalized spacial score (nSPS) is 14.2. The van der Waals surface area contributed by atoms with Crippen LogP contribution in [0.5, 0.6) is 0 Å². The van der Waals surface area contributed by atoms with Gasteiger partial charge in [0.2, 0.25) is 0 Å². The summed E-state index contributed by atoms with van der Waals surface area (Å²) >= 11 is 1.69. The summed E-state index contributed by atoms with van der Waals surface area (Å²) in [4.78, 5) is 4.31. The van der Waals surface area contributed by atoms with Gasteiger partial charge in [0.05, 0.1) is 6.04 Å². The molecule has 0 fully saturated rings. The van der Waals surface area contributed by atoms with Crippen LogP contribution in [-0.2, 0) is 0 Å². The smallest absolute Gasteiger partial charge is 0.109 e. The van der Waals surface area contributed by atoms with E-state index in [1.807, 2.05) is 29.8 Å². The Morgan fingerprint density at radius 2 is 2.11 bits per heavy atom. The maximum Gasteiger partial charge on any atom is 0.109 e. The highest BCUT2D eigenvalue weighted by molar-refractivity contribution is 7.09. The summed E-state index contributed by atoms with van der Waals surface area (Å²) in [5.41, 5.74) is 7.39. The molecule has 0 radical (unpaired) electrons. The monoisotopic (exact) mass is 275 g/mol. The van der Waals surface area contributed by atoms with Gasteiger partial charge < -0.3 is 11.1 Å². The highest BCUT2D eigenvalue weighted by atomic mass is 32.1. The second-order valence-electron chi connectivity index (χ2n) is 4.71. The summed E-state index contributed by atoms with van der Waals surface area (Å²) in [5.74, 6) is 0. The molecule has 102 valence electrons. The van der Waals surface area contributed by atoms with Crippen molar-refractivity contribution in [2.75, 3.05) is 6.54 Å². The van der Waals surface area contributed by atoms with Gasteiger partial charge in [0, 0.05) is 17.6 Å². The third-order valence-electron chi connectivity index (χ3n) is 3.19. The average Bonchev–Trinajstić information content (AvgIpc) is 2.98. The molecule has 2 rings (SSSR count). The molecule has 0 aliphatic heterocycles. The Kier molecular flexibility index (Phi) is 5.51. The minimum atomic E-state index is 0.137. The first-order valence-electron chi connectivity index (χ1n) is 6.70. The minimum Gasteiger partial charge on any atom is -0.324 e. The second-order valence-corrected chi connectivity index (χ2v) is 5.63. The molecule has 19 heavy (non-hydrogen) atoms. The minimum absolute atomic E-state index is 0.137. The number of rotatable bonds is 7. The van der Waals surface area contributed by atoms with E-state index >= 15 is 0 Å². The van der Waals surface area contributed by atoms with Crippen molar-refractivity contribution >= 4 is 11.3 Å². The largest absolute Gasteiger partial charge is 0.324 e. The van der Waals surface area contributed by atoms with Crippen molar-refractivity contribution in [3.63, 3.8) is 0 Å². The number of aromatic nitrogens is 1. The van der Waals surface area contributed by atoms with Crippen LogP contribution >= 0.6 is 11.3 Å². The van der Waals surface area contributed by atoms with Crippen molar-refractivity contribution < 1.29 is 0 Å². The zero-order valence-corrected chi connectivity index (χ0v) is 12.1. The van der Waals surface area contributed by atoms with E-state index in [1.165, 1.54) is 5.56 Å². The van der Waals surface area contributed by atoms with Crippen molar-refractivity contribution in [2.45, 2.75) is 31.8 Å². The molecule has 2 aromatic rings. The number of thiazole rings is 1. The molecule has 3 nitrogen and oxygen atoms in total. The van der Waals surface area contributed by atoms with Crippen molar-refractivity contribution in [1.82, 2.24) is 10.3 Å². The first-order chi connectivity index (χ1) is 9.27. The van der Waals surface area contributed by atoms with Gasteiger partial charge in [-0.15, -0.1) is 11.3 Å². The SMILES string of the molecule is CC(NCCCC(N)c1ccccc1)c1nccs1. The summed E-state index contributed by atoms with van der Waals surface area (Å²) in [7, 11) is 0. The van der Waals surface area contributed by atoms with Gasteiger partial charge in [0.25, 0.3) is 0 Å². The topological polar surface area (TPSA) is 50.9 Å². The Hall–Kier alpha value is -1.23. The number of nitrogens with one attached hydrogen (secondary N) is 1. The Balaban J connectivity index is 1.67. The molecule has 4 heteroatoms. The predicted molar refractivity (Wildman–Crippen MR) is 81.1 cm³/mol. The molecule has 0 spiro atoms. The highest BCUT2D eigenvalue weighted by Crippen LogP contribution is 2.16. The summed E-state index contributed by atoms with van der Waals surface area (Å²) in [6.07, 6.45) is 3.93. The lowest BCUT2D eigenvalue weighted by Crippen LogP contribution is -2.21. The summed E-state index contributed by atoms with van der Waals surface area (Å²) < 4.78 is 0. The Labute approximate surface area is 118 Å². The van der Waals surface area contributed by atoms with Gasteiger partial charge in [-0.05, 0) is 31.9 Å². The van der Waals surface area contributed by atoms with Crippen molar-refractivity contribution in [3.8, 4) is 0 Å². The first kappa shape index (κ1) is 14.2. The number of nitrogens with two attached hydrogens (primary N) is 1. The van der Waals surface area contributed by atoms with Crippen LogP contribution in [0.2, 0.25) is 0 Å². The molecule has 0 aliphatic rings. The fraction of sp³-hybridized carbons (Fsp3) is 0.400. The standard InChI is InChI=1S/C15H21N3S/c1-12(15-18-10-11-19-15)17-9-5-8-14(16)13-6-3-2-4-7-13/h2-4,6-7,10-12,14,17H,5,8-9,16H2,1H3. The lowest BCUT2D eigenvalue weighted by atomic mass is 10.0. The summed E-state index contributed by atoms with van der Waals surface area (Å²) in [6, 6.07) is 10.8. The van der Waals surface area contributed by atoms with Crippen LogP contribution in [0.15, 0.2) is 41.9 Å². The number of hydrogen-bond donors (Lipinski definition) is 2. The molecule has 2 unspecified atom stereocenters. The lowest BCUT2D eigenvalue weighted by molar-refractivity contribution is 0.519. The van der Waals surface area contributed by atoms with E-state index in [1.54, 1.807) is 11.3 Å². The van der Waals surface area contributed by atoms with Crippen LogP contribution in [0.4, 0.5) is 0 Å². The van der Waals surface area contributed by atoms with Gasteiger partial charge in [0.1, 0.15) is 5.01 Å². The molecular formula is C15H21N3S. The molecule has 0 bridgehead atoms. The maximum absolute atomic E-state index is 6.17. The van der Waals surface area contributed by atoms with E-state index in [0.717, 1.165) is 24.4 Å². The van der Waals surface area contributed by atoms with Gasteiger partial charge in [0.15, 0.2) is 0 Å². The fourth-order valence-electron chi connectivity index (χ4n) is 2.04. The fourth-order valence-corrected chi connectivity index (χ4v) is 2.71. The van der Waals surface area contributed by atoms with E-state index in [0.29, 0.717) is 6.04 Å². The van der Waals surface area contributed by atoms with Crippen LogP contribution in [-0.4, -0.2) is 11.5 Å². The van der Waals surface area contributed by atoms with E-state index in [9.17, 15) is 0 Å². The molecule has 0 saturated carbocycles. The van der Waals surface area contributed by atoms with Gasteiger partial charge in [-0.2, -0.15) is 0 Å². The third-order valence-corrected chi connectivity index (χ3v) is 4.15. The predicted octanol–water partition coefficient (Wildman–Crippen LogP) is 3.27. The number of hydrogen-bond acceptors (Lipinski definition) is 4. The van der Waals surface area contributed by atoms with Crippen LogP contribution < -0.4 is 11.1 Å². The maximum atomic E-state index is 6.17. The van der Waals surface area contributed by atoms with Crippen LogP contribution in [0.25, 0.3) is 0 Å². The molecule has 0 saturated heterocycles. The Morgan fingerprint density at radius 1 is 1.32 bits per heavy atom. The van der Waals surface area contributed by atoms with Gasteiger partial charge in [-0.3, -0.25) is 0 Å². The first-order valence-corrected chi connectivity index (χ1v) is 7.58. The Morgan fingerprint density at radius 3 is 2.79 bits per heavy atom. The van der Waals surface area contributed by atoms with E-state index in [2.05, 4.69) is 29.4 Å². The van der Waals surface area contributed by atoms with Gasteiger partial charge >= 0.3 is 0 Å². The summed E-state index contributed by atoms with van der Waals surface area (Å²) in [6.45, 7) is 3.12. The quantitative estimate of drug-likeness (QED) is 0.762. The van der Waals surface area contributed by atoms with Crippen LogP contribution in [0.3, 0.4) is 0 Å². The van der Waals surface area contributed by atoms with Gasteiger partial charge in [-0.25, -0.2) is 4.98 Å². The molecular weight excluding hydrogens is 254 g/mol. The van der Waals surface area contributed by atoms with Crippen molar-refractivity contribution in [2.24, 2.45) is 5.73 Å². The van der Waals surface area contributed by atoms with Crippen LogP contribution in [0, 0.1) is 0 Å². The van der Waals surface area contributed by atoms with E-state index in [-0.39, 0.29) is 6.04 Å². The highest BCUT2D eigenvalue weighted by Gasteiger charge is 2.08. The summed E-state index contributed by atoms with van der Waals surface area (Å²) in [5, 5.41) is 6.64. The lowest BCUT2D eigenvalue weighted by Gasteiger charge is -2.14. The molecule has 2 atom stereocenters. The molecule has 3 N–H and O–H groups in total. The third kappa shape index (κ3) is 4.42. The van der Waals surface area contributed by atoms with Crippen molar-refractivity contribution in [1.29, 1.82) is 0 Å². The second kappa shape index (κ2) is 7.38. The van der Waals surface area contributed by atoms with E-state index in [4.69, 9.17) is 5.73 Å². The zero-order valence-electron chi connectivity index (χ0n) is 11.3. The molecule has 1 aromatic carbocycles. The zero-order chi connectivity index (χ0) is 13.5. The van der Waals surface area contributed by atoms with Crippen molar-refractivity contribution in [3.05, 3.63) is 52.5 Å².